The van der Waals surface area contributed by atoms with Gasteiger partial charge in [0.2, 0.25) is 0 Å². The predicted molar refractivity (Wildman–Crippen MR) is 80.7 cm³/mol. The minimum absolute atomic E-state index is 0.0304. The number of aromatic nitrogens is 2. The maximum atomic E-state index is 12.7. The Labute approximate surface area is 131 Å². The van der Waals surface area contributed by atoms with E-state index in [1.807, 2.05) is 0 Å². The van der Waals surface area contributed by atoms with E-state index in [2.05, 4.69) is 11.0 Å². The number of hydrogen-bond donors (Lipinski definition) is 0. The summed E-state index contributed by atoms with van der Waals surface area (Å²) in [6.45, 7) is 0. The normalized spacial score (nSPS) is 18.0. The molecule has 8 heteroatoms. The number of rotatable bonds is 1. The van der Waals surface area contributed by atoms with Crippen LogP contribution in [0.5, 0.6) is 0 Å². The third-order valence-electron chi connectivity index (χ3n) is 3.15. The van der Waals surface area contributed by atoms with Crippen molar-refractivity contribution in [2.75, 3.05) is 0 Å². The topological polar surface area (TPSA) is 17.8 Å². The molecule has 0 saturated heterocycles. The summed E-state index contributed by atoms with van der Waals surface area (Å²) in [7, 11) is 0.0304. The summed E-state index contributed by atoms with van der Waals surface area (Å²) < 4.78 is 39.6. The van der Waals surface area contributed by atoms with Gasteiger partial charge in [0, 0.05) is 23.3 Å². The average molecular weight is 353 g/mol. The van der Waals surface area contributed by atoms with E-state index >= 15 is 0 Å². The Morgan fingerprint density at radius 1 is 1.19 bits per heavy atom. The summed E-state index contributed by atoms with van der Waals surface area (Å²) in [5, 5.41) is 4.20. The number of hydrogen-bond acceptors (Lipinski definition) is 1. The fraction of sp³-hybridized carbons (Fsp3) is 0.231. The molecule has 0 amide bonds. The third-order valence-corrected chi connectivity index (χ3v) is 5.13. The molecule has 0 spiro atoms. The summed E-state index contributed by atoms with van der Waals surface area (Å²) >= 11 is 11.9. The molecule has 1 aromatic carbocycles. The average Bonchev–Trinajstić information content (AvgIpc) is 2.83. The van der Waals surface area contributed by atoms with Gasteiger partial charge in [-0.3, -0.25) is 0 Å². The maximum absolute atomic E-state index is 12.7. The van der Waals surface area contributed by atoms with Crippen LogP contribution in [0.25, 0.3) is 5.69 Å². The zero-order valence-electron chi connectivity index (χ0n) is 10.5. The van der Waals surface area contributed by atoms with E-state index in [-0.39, 0.29) is 26.2 Å². The lowest BCUT2D eigenvalue weighted by molar-refractivity contribution is -0.137. The van der Waals surface area contributed by atoms with Gasteiger partial charge in [-0.15, -0.1) is 0 Å². The van der Waals surface area contributed by atoms with E-state index < -0.39 is 11.7 Å². The third kappa shape index (κ3) is 2.72. The van der Waals surface area contributed by atoms with E-state index in [9.17, 15) is 13.2 Å². The fourth-order valence-electron chi connectivity index (χ4n) is 2.21. The van der Waals surface area contributed by atoms with Crippen LogP contribution >= 0.6 is 33.7 Å². The first-order valence-corrected chi connectivity index (χ1v) is 8.35. The van der Waals surface area contributed by atoms with Crippen molar-refractivity contribution < 1.29 is 13.2 Å². The van der Waals surface area contributed by atoms with Crippen molar-refractivity contribution in [3.8, 4) is 5.69 Å². The summed E-state index contributed by atoms with van der Waals surface area (Å²) in [5.74, 6) is 5.60. The molecule has 0 bridgehead atoms. The highest BCUT2D eigenvalue weighted by molar-refractivity contribution is 8.12. The molecule has 1 aliphatic rings. The lowest BCUT2D eigenvalue weighted by Gasteiger charge is -2.12. The minimum Gasteiger partial charge on any atom is -0.237 e. The Bertz CT molecular complexity index is 704. The van der Waals surface area contributed by atoms with Crippen LogP contribution in [0.1, 0.15) is 16.8 Å². The molecule has 1 aliphatic heterocycles. The molecule has 1 aromatic heterocycles. The summed E-state index contributed by atoms with van der Waals surface area (Å²) in [6.07, 6.45) is -2.73. The van der Waals surface area contributed by atoms with Gasteiger partial charge in [-0.05, 0) is 12.1 Å². The summed E-state index contributed by atoms with van der Waals surface area (Å²) in [4.78, 5) is 0. The number of fused-ring (bicyclic) bond motifs is 1. The van der Waals surface area contributed by atoms with Gasteiger partial charge in [0.1, 0.15) is 5.69 Å². The number of benzene rings is 1. The molecule has 0 aliphatic carbocycles. The molecule has 0 N–H and O–H groups in total. The van der Waals surface area contributed by atoms with Crippen molar-refractivity contribution in [2.45, 2.75) is 17.7 Å². The predicted octanol–water partition coefficient (Wildman–Crippen LogP) is 4.91. The maximum Gasteiger partial charge on any atom is 0.416 e. The molecule has 3 rings (SSSR count). The van der Waals surface area contributed by atoms with E-state index in [0.717, 1.165) is 34.9 Å². The Morgan fingerprint density at radius 2 is 1.81 bits per heavy atom. The Balaban J connectivity index is 2.08. The largest absolute Gasteiger partial charge is 0.416 e. The SMILES string of the molecule is C=S1Cc2cn(-c3c(Cl)cc(C(F)(F)F)cc3Cl)nc2C1. The first-order chi connectivity index (χ1) is 9.75. The van der Waals surface area contributed by atoms with Gasteiger partial charge in [-0.25, -0.2) is 4.68 Å². The van der Waals surface area contributed by atoms with Crippen molar-refractivity contribution in [2.24, 2.45) is 0 Å². The van der Waals surface area contributed by atoms with Crippen molar-refractivity contribution >= 4 is 39.6 Å². The van der Waals surface area contributed by atoms with Crippen LogP contribution < -0.4 is 0 Å². The van der Waals surface area contributed by atoms with Crippen LogP contribution in [0, 0.1) is 0 Å². The smallest absolute Gasteiger partial charge is 0.237 e. The quantitative estimate of drug-likeness (QED) is 0.666. The minimum atomic E-state index is -4.49. The molecule has 2 nitrogen and oxygen atoms in total. The van der Waals surface area contributed by atoms with Crippen molar-refractivity contribution in [1.82, 2.24) is 9.78 Å². The Morgan fingerprint density at radius 3 is 2.33 bits per heavy atom. The van der Waals surface area contributed by atoms with Gasteiger partial charge in [0.25, 0.3) is 0 Å². The van der Waals surface area contributed by atoms with Crippen LogP contribution in [-0.2, 0) is 17.7 Å². The molecular formula is C13H9Cl2F3N2S. The van der Waals surface area contributed by atoms with Gasteiger partial charge in [-0.2, -0.15) is 28.8 Å². The molecule has 0 saturated carbocycles. The summed E-state index contributed by atoms with van der Waals surface area (Å²) in [5.41, 5.74) is 1.34. The standard InChI is InChI=1S/C13H9Cl2F3N2S/c1-21-5-7-4-20(19-11(7)6-21)12-9(14)2-8(3-10(12)15)13(16,17)18/h2-4H,1,5-6H2. The van der Waals surface area contributed by atoms with Crippen LogP contribution in [0.2, 0.25) is 10.0 Å². The van der Waals surface area contributed by atoms with Crippen molar-refractivity contribution in [3.63, 3.8) is 0 Å². The molecule has 1 unspecified atom stereocenters. The molecule has 0 radical (unpaired) electrons. The molecule has 2 heterocycles. The molecule has 112 valence electrons. The van der Waals surface area contributed by atoms with E-state index in [1.165, 1.54) is 4.68 Å². The zero-order chi connectivity index (χ0) is 15.4. The van der Waals surface area contributed by atoms with Crippen LogP contribution in [0.4, 0.5) is 13.2 Å². The monoisotopic (exact) mass is 352 g/mol. The molecule has 2 aromatic rings. The highest BCUT2D eigenvalue weighted by Crippen LogP contribution is 2.39. The number of alkyl halides is 3. The summed E-state index contributed by atoms with van der Waals surface area (Å²) in [6, 6.07) is 1.73. The van der Waals surface area contributed by atoms with Crippen LogP contribution in [-0.4, -0.2) is 15.7 Å². The molecule has 0 fully saturated rings. The number of nitrogens with zero attached hydrogens (tertiary/aromatic N) is 2. The van der Waals surface area contributed by atoms with E-state index in [1.54, 1.807) is 6.20 Å². The van der Waals surface area contributed by atoms with Crippen LogP contribution in [0.15, 0.2) is 18.3 Å². The molecular weight excluding hydrogens is 344 g/mol. The first-order valence-electron chi connectivity index (χ1n) is 5.87. The fourth-order valence-corrected chi connectivity index (χ4v) is 4.29. The van der Waals surface area contributed by atoms with Gasteiger partial charge >= 0.3 is 6.18 Å². The second-order valence-corrected chi connectivity index (χ2v) is 7.35. The van der Waals surface area contributed by atoms with Gasteiger partial charge in [0.05, 0.1) is 21.3 Å². The Hall–Kier alpha value is -0.980. The highest BCUT2D eigenvalue weighted by atomic mass is 35.5. The highest BCUT2D eigenvalue weighted by Gasteiger charge is 2.32. The van der Waals surface area contributed by atoms with Crippen molar-refractivity contribution in [1.29, 1.82) is 0 Å². The second-order valence-electron chi connectivity index (χ2n) is 4.73. The van der Waals surface area contributed by atoms with Gasteiger partial charge in [-0.1, -0.05) is 29.1 Å². The lowest BCUT2D eigenvalue weighted by Crippen LogP contribution is -2.07. The Kier molecular flexibility index (Phi) is 3.58. The van der Waals surface area contributed by atoms with Crippen molar-refractivity contribution in [3.05, 3.63) is 45.2 Å². The van der Waals surface area contributed by atoms with E-state index in [4.69, 9.17) is 23.2 Å². The van der Waals surface area contributed by atoms with E-state index in [0.29, 0.717) is 0 Å². The van der Waals surface area contributed by atoms with Gasteiger partial charge < -0.3 is 0 Å². The first kappa shape index (κ1) is 14.9. The number of halogens is 5. The van der Waals surface area contributed by atoms with Gasteiger partial charge in [0.15, 0.2) is 0 Å². The second kappa shape index (κ2) is 5.04. The molecule has 21 heavy (non-hydrogen) atoms. The molecule has 1 atom stereocenters. The zero-order valence-corrected chi connectivity index (χ0v) is 12.9. The lowest BCUT2D eigenvalue weighted by atomic mass is 10.2. The van der Waals surface area contributed by atoms with Crippen LogP contribution in [0.3, 0.4) is 0 Å².